The molecule has 2 aromatic carbocycles. The van der Waals surface area contributed by atoms with Crippen LogP contribution in [0.1, 0.15) is 11.4 Å². The van der Waals surface area contributed by atoms with Crippen LogP contribution < -0.4 is 16.8 Å². The highest BCUT2D eigenvalue weighted by atomic mass is 16.5. The monoisotopic (exact) mass is 406 g/mol. The molecule has 30 heavy (non-hydrogen) atoms. The fourth-order valence-electron chi connectivity index (χ4n) is 2.88. The van der Waals surface area contributed by atoms with E-state index in [1.807, 2.05) is 31.2 Å². The van der Waals surface area contributed by atoms with E-state index in [9.17, 15) is 9.59 Å². The second-order valence-electron chi connectivity index (χ2n) is 6.46. The van der Waals surface area contributed by atoms with E-state index in [2.05, 4.69) is 20.3 Å². The molecule has 2 aromatic heterocycles. The van der Waals surface area contributed by atoms with Crippen LogP contribution in [0.15, 0.2) is 57.7 Å². The average molecular weight is 406 g/mol. The summed E-state index contributed by atoms with van der Waals surface area (Å²) in [6, 6.07) is 14.4. The number of nitrogen functional groups attached to an aromatic ring is 1. The maximum atomic E-state index is 12.2. The first kappa shape index (κ1) is 19.1. The van der Waals surface area contributed by atoms with Gasteiger partial charge in [-0.2, -0.15) is 15.0 Å². The number of carbonyl (C=O) groups excluding carboxylic acids is 1. The van der Waals surface area contributed by atoms with Gasteiger partial charge in [-0.25, -0.2) is 4.79 Å². The molecule has 0 atom stereocenters. The third-order valence-corrected chi connectivity index (χ3v) is 4.31. The van der Waals surface area contributed by atoms with Crippen LogP contribution in [0, 0.1) is 6.92 Å². The summed E-state index contributed by atoms with van der Waals surface area (Å²) in [5.74, 6) is -0.876. The number of esters is 1. The molecule has 0 aliphatic carbocycles. The molecule has 4 aromatic rings. The number of nitrogens with zero attached hydrogens (tertiary/aromatic N) is 4. The topological polar surface area (TPSA) is 138 Å². The number of oxazole rings is 1. The fourth-order valence-corrected chi connectivity index (χ4v) is 2.88. The summed E-state index contributed by atoms with van der Waals surface area (Å²) < 4.78 is 11.5. The van der Waals surface area contributed by atoms with Gasteiger partial charge < -0.3 is 20.2 Å². The van der Waals surface area contributed by atoms with E-state index in [0.717, 1.165) is 11.3 Å². The van der Waals surface area contributed by atoms with Crippen LogP contribution in [0.25, 0.3) is 11.1 Å². The number of nitrogens with two attached hydrogens (primary N) is 1. The highest BCUT2D eigenvalue weighted by Gasteiger charge is 2.14. The number of anilines is 3. The van der Waals surface area contributed by atoms with E-state index in [0.29, 0.717) is 11.1 Å². The second kappa shape index (κ2) is 8.03. The lowest BCUT2D eigenvalue weighted by Gasteiger charge is -2.10. The van der Waals surface area contributed by atoms with Crippen LogP contribution in [0.5, 0.6) is 0 Å². The zero-order valence-electron chi connectivity index (χ0n) is 16.0. The van der Waals surface area contributed by atoms with Crippen LogP contribution in [-0.2, 0) is 22.7 Å². The molecule has 0 aliphatic rings. The molecule has 10 heteroatoms. The molecule has 0 radical (unpaired) electrons. The van der Waals surface area contributed by atoms with Gasteiger partial charge in [-0.1, -0.05) is 30.3 Å². The number of hydrogen-bond donors (Lipinski definition) is 2. The van der Waals surface area contributed by atoms with Gasteiger partial charge >= 0.3 is 11.7 Å². The van der Waals surface area contributed by atoms with Crippen molar-refractivity contribution in [2.75, 3.05) is 11.1 Å². The number of aromatic nitrogens is 4. The maximum absolute atomic E-state index is 12.2. The Hall–Kier alpha value is -4.21. The summed E-state index contributed by atoms with van der Waals surface area (Å²) in [6.45, 7) is 1.42. The lowest BCUT2D eigenvalue weighted by atomic mass is 10.2. The first-order valence-electron chi connectivity index (χ1n) is 9.06. The zero-order valence-corrected chi connectivity index (χ0v) is 16.0. The maximum Gasteiger partial charge on any atom is 0.420 e. The van der Waals surface area contributed by atoms with Crippen molar-refractivity contribution in [3.05, 3.63) is 70.5 Å². The number of benzene rings is 2. The summed E-state index contributed by atoms with van der Waals surface area (Å²) in [5.41, 5.74) is 8.47. The fraction of sp³-hybridized carbons (Fsp3) is 0.150. The van der Waals surface area contributed by atoms with Crippen molar-refractivity contribution >= 4 is 34.7 Å². The van der Waals surface area contributed by atoms with E-state index in [-0.39, 0.29) is 30.9 Å². The minimum absolute atomic E-state index is 0.0100. The molecular formula is C20H18N6O4. The summed E-state index contributed by atoms with van der Waals surface area (Å²) in [6.07, 6.45) is 0. The van der Waals surface area contributed by atoms with Gasteiger partial charge in [-0.05, 0) is 30.7 Å². The first-order valence-corrected chi connectivity index (χ1v) is 9.06. The number of hydrogen-bond acceptors (Lipinski definition) is 9. The SMILES string of the molecule is Cc1ccccc1Nc1nc(N)nc(COC(=O)Cn2c(=O)oc3ccccc32)n1. The molecule has 152 valence electrons. The van der Waals surface area contributed by atoms with Crippen molar-refractivity contribution in [3.63, 3.8) is 0 Å². The Balaban J connectivity index is 1.45. The van der Waals surface area contributed by atoms with E-state index in [1.165, 1.54) is 4.57 Å². The Morgan fingerprint density at radius 2 is 1.90 bits per heavy atom. The van der Waals surface area contributed by atoms with Crippen molar-refractivity contribution in [1.82, 2.24) is 19.5 Å². The van der Waals surface area contributed by atoms with Gasteiger partial charge in [0.15, 0.2) is 18.0 Å². The van der Waals surface area contributed by atoms with Crippen LogP contribution in [0.2, 0.25) is 0 Å². The summed E-state index contributed by atoms with van der Waals surface area (Å²) in [7, 11) is 0. The van der Waals surface area contributed by atoms with Crippen molar-refractivity contribution < 1.29 is 13.9 Å². The number of rotatable bonds is 6. The van der Waals surface area contributed by atoms with E-state index in [4.69, 9.17) is 14.9 Å². The van der Waals surface area contributed by atoms with Gasteiger partial charge in [-0.15, -0.1) is 0 Å². The molecule has 10 nitrogen and oxygen atoms in total. The van der Waals surface area contributed by atoms with Crippen LogP contribution in [0.3, 0.4) is 0 Å². The number of fused-ring (bicyclic) bond motifs is 1. The zero-order chi connectivity index (χ0) is 21.1. The molecule has 0 saturated heterocycles. The number of nitrogens with one attached hydrogen (secondary N) is 1. The lowest BCUT2D eigenvalue weighted by molar-refractivity contribution is -0.145. The molecule has 0 fully saturated rings. The Morgan fingerprint density at radius 1 is 1.13 bits per heavy atom. The van der Waals surface area contributed by atoms with Gasteiger partial charge in [0.05, 0.1) is 5.52 Å². The van der Waals surface area contributed by atoms with Crippen molar-refractivity contribution in [2.24, 2.45) is 0 Å². The molecule has 0 saturated carbocycles. The highest BCUT2D eigenvalue weighted by molar-refractivity contribution is 5.76. The molecule has 3 N–H and O–H groups in total. The highest BCUT2D eigenvalue weighted by Crippen LogP contribution is 2.18. The number of para-hydroxylation sites is 3. The number of aryl methyl sites for hydroxylation is 1. The Morgan fingerprint density at radius 3 is 2.73 bits per heavy atom. The summed E-state index contributed by atoms with van der Waals surface area (Å²) >= 11 is 0. The normalized spacial score (nSPS) is 10.8. The third kappa shape index (κ3) is 4.12. The van der Waals surface area contributed by atoms with Crippen LogP contribution >= 0.6 is 0 Å². The van der Waals surface area contributed by atoms with E-state index >= 15 is 0 Å². The van der Waals surface area contributed by atoms with Gasteiger partial charge in [0.1, 0.15) is 6.54 Å². The van der Waals surface area contributed by atoms with Crippen LogP contribution in [0.4, 0.5) is 17.6 Å². The smallest absolute Gasteiger partial charge is 0.420 e. The van der Waals surface area contributed by atoms with E-state index < -0.39 is 11.7 Å². The number of carbonyl (C=O) groups is 1. The molecule has 0 spiro atoms. The quantitative estimate of drug-likeness (QED) is 0.461. The summed E-state index contributed by atoms with van der Waals surface area (Å²) in [4.78, 5) is 36.5. The van der Waals surface area contributed by atoms with Gasteiger partial charge in [-0.3, -0.25) is 9.36 Å². The predicted octanol–water partition coefficient (Wildman–Crippen LogP) is 2.16. The van der Waals surface area contributed by atoms with Gasteiger partial charge in [0.2, 0.25) is 11.9 Å². The lowest BCUT2D eigenvalue weighted by Crippen LogP contribution is -2.22. The third-order valence-electron chi connectivity index (χ3n) is 4.31. The molecule has 0 unspecified atom stereocenters. The molecule has 0 aliphatic heterocycles. The first-order chi connectivity index (χ1) is 14.5. The molecule has 0 bridgehead atoms. The second-order valence-corrected chi connectivity index (χ2v) is 6.46. The van der Waals surface area contributed by atoms with Crippen molar-refractivity contribution in [2.45, 2.75) is 20.1 Å². The Bertz CT molecular complexity index is 1280. The number of ether oxygens (including phenoxy) is 1. The molecule has 4 rings (SSSR count). The Labute approximate surface area is 170 Å². The Kier molecular flexibility index (Phi) is 5.12. The standard InChI is InChI=1S/C20H18N6O4/c1-12-6-2-3-7-13(12)22-19-24-16(23-18(21)25-19)11-29-17(27)10-26-14-8-4-5-9-15(14)30-20(26)28/h2-9H,10-11H2,1H3,(H3,21,22,23,24,25). The van der Waals surface area contributed by atoms with Crippen molar-refractivity contribution in [1.29, 1.82) is 0 Å². The van der Waals surface area contributed by atoms with Crippen molar-refractivity contribution in [3.8, 4) is 0 Å². The average Bonchev–Trinajstić information content (AvgIpc) is 3.03. The predicted molar refractivity (Wildman–Crippen MR) is 109 cm³/mol. The summed E-state index contributed by atoms with van der Waals surface area (Å²) in [5, 5.41) is 3.06. The molecular weight excluding hydrogens is 388 g/mol. The minimum Gasteiger partial charge on any atom is -0.456 e. The van der Waals surface area contributed by atoms with Gasteiger partial charge in [0, 0.05) is 5.69 Å². The van der Waals surface area contributed by atoms with Gasteiger partial charge in [0.25, 0.3) is 0 Å². The van der Waals surface area contributed by atoms with Crippen LogP contribution in [-0.4, -0.2) is 25.5 Å². The molecule has 2 heterocycles. The van der Waals surface area contributed by atoms with E-state index in [1.54, 1.807) is 24.3 Å². The largest absolute Gasteiger partial charge is 0.456 e. The minimum atomic E-state index is -0.643. The molecule has 0 amide bonds.